The van der Waals surface area contributed by atoms with Crippen LogP contribution in [-0.4, -0.2) is 17.4 Å². The summed E-state index contributed by atoms with van der Waals surface area (Å²) in [6.07, 6.45) is 3.19. The first kappa shape index (κ1) is 8.50. The zero-order valence-electron chi connectivity index (χ0n) is 7.06. The van der Waals surface area contributed by atoms with Crippen molar-refractivity contribution in [3.63, 3.8) is 0 Å². The summed E-state index contributed by atoms with van der Waals surface area (Å²) < 4.78 is 4.84. The second kappa shape index (κ2) is 2.99. The number of hydrogen-bond donors (Lipinski definition) is 1. The minimum atomic E-state index is -1.07. The van der Waals surface area contributed by atoms with Crippen molar-refractivity contribution in [1.29, 1.82) is 0 Å². The van der Waals surface area contributed by atoms with Gasteiger partial charge < -0.3 is 9.52 Å². The molecular formula is C10H6O4. The quantitative estimate of drug-likeness (QED) is 0.734. The Morgan fingerprint density at radius 2 is 2.07 bits per heavy atom. The molecule has 0 aromatic heterocycles. The molecule has 0 bridgehead atoms. The number of carbonyl (C=O) groups excluding carboxylic acids is 1. The molecule has 0 amide bonds. The highest BCUT2D eigenvalue weighted by Gasteiger charge is 2.17. The Morgan fingerprint density at radius 3 is 2.71 bits per heavy atom. The molecular weight excluding hydrogens is 184 g/mol. The van der Waals surface area contributed by atoms with Crippen molar-refractivity contribution in [2.45, 2.75) is 0 Å². The molecule has 4 heteroatoms. The van der Waals surface area contributed by atoms with E-state index < -0.39 is 5.97 Å². The zero-order chi connectivity index (χ0) is 10.1. The number of carboxylic acids is 1. The van der Waals surface area contributed by atoms with Gasteiger partial charge in [-0.15, -0.1) is 0 Å². The van der Waals surface area contributed by atoms with Crippen molar-refractivity contribution in [3.05, 3.63) is 35.8 Å². The first-order valence-corrected chi connectivity index (χ1v) is 3.91. The average Bonchev–Trinajstić information content (AvgIpc) is 2.59. The van der Waals surface area contributed by atoms with Crippen LogP contribution in [0.4, 0.5) is 0 Å². The predicted molar refractivity (Wildman–Crippen MR) is 47.7 cm³/mol. The molecule has 1 aliphatic heterocycles. The monoisotopic (exact) mass is 190 g/mol. The minimum absolute atomic E-state index is 0.0654. The van der Waals surface area contributed by atoms with Gasteiger partial charge in [0.15, 0.2) is 6.29 Å². The largest absolute Gasteiger partial charge is 0.478 e. The molecule has 0 fully saturated rings. The molecule has 0 radical (unpaired) electrons. The van der Waals surface area contributed by atoms with E-state index in [-0.39, 0.29) is 5.56 Å². The molecule has 1 aliphatic carbocycles. The Hall–Kier alpha value is -2.10. The van der Waals surface area contributed by atoms with E-state index >= 15 is 0 Å². The number of carboxylic acid groups (broad SMARTS) is 1. The zero-order valence-corrected chi connectivity index (χ0v) is 7.06. The van der Waals surface area contributed by atoms with Gasteiger partial charge >= 0.3 is 5.97 Å². The lowest BCUT2D eigenvalue weighted by Crippen LogP contribution is -1.98. The second-order valence-corrected chi connectivity index (χ2v) is 2.82. The molecule has 1 N–H and O–H groups in total. The summed E-state index contributed by atoms with van der Waals surface area (Å²) in [5.41, 5.74) is 1.55. The van der Waals surface area contributed by atoms with Crippen LogP contribution in [0, 0.1) is 0 Å². The highest BCUT2D eigenvalue weighted by molar-refractivity contribution is 6.00. The van der Waals surface area contributed by atoms with Gasteiger partial charge in [-0.1, -0.05) is 12.1 Å². The molecule has 4 nitrogen and oxygen atoms in total. The Bertz CT molecular complexity index is 469. The van der Waals surface area contributed by atoms with Crippen LogP contribution in [0.3, 0.4) is 0 Å². The molecule has 0 atom stereocenters. The maximum atomic E-state index is 10.8. The van der Waals surface area contributed by atoms with Gasteiger partial charge in [-0.25, -0.2) is 4.79 Å². The van der Waals surface area contributed by atoms with Crippen LogP contribution in [0.2, 0.25) is 0 Å². The van der Waals surface area contributed by atoms with Crippen LogP contribution in [0.5, 0.6) is 0 Å². The Balaban J connectivity index is 2.70. The van der Waals surface area contributed by atoms with Crippen molar-refractivity contribution >= 4 is 12.3 Å². The molecule has 0 unspecified atom stereocenters. The summed E-state index contributed by atoms with van der Waals surface area (Å²) in [7, 11) is 0. The van der Waals surface area contributed by atoms with Gasteiger partial charge in [0.05, 0.1) is 6.26 Å². The van der Waals surface area contributed by atoms with Gasteiger partial charge in [0.25, 0.3) is 0 Å². The van der Waals surface area contributed by atoms with Crippen LogP contribution in [0.1, 0.15) is 20.7 Å². The number of aromatic carboxylic acids is 1. The van der Waals surface area contributed by atoms with Gasteiger partial charge in [0.1, 0.15) is 11.8 Å². The Labute approximate surface area is 79.1 Å². The lowest BCUT2D eigenvalue weighted by molar-refractivity contribution is 0.0695. The van der Waals surface area contributed by atoms with Gasteiger partial charge in [-0.3, -0.25) is 4.79 Å². The van der Waals surface area contributed by atoms with E-state index in [4.69, 9.17) is 9.52 Å². The molecule has 70 valence electrons. The van der Waals surface area contributed by atoms with Crippen molar-refractivity contribution in [2.24, 2.45) is 0 Å². The number of rotatable bonds is 2. The van der Waals surface area contributed by atoms with Gasteiger partial charge in [-0.05, 0) is 0 Å². The van der Waals surface area contributed by atoms with Gasteiger partial charge in [0, 0.05) is 16.7 Å². The fourth-order valence-electron chi connectivity index (χ4n) is 1.38. The van der Waals surface area contributed by atoms with Gasteiger partial charge in [0.2, 0.25) is 0 Å². The standard InChI is InChI=1S/C10H6O4/c11-3-6-1-2-7-8(6)4-14-5-9(7)10(12)13/h1-5H,(H,12,13). The highest BCUT2D eigenvalue weighted by Crippen LogP contribution is 2.30. The summed E-state index contributed by atoms with van der Waals surface area (Å²) in [5, 5.41) is 8.82. The summed E-state index contributed by atoms with van der Waals surface area (Å²) in [6.45, 7) is 0. The first-order chi connectivity index (χ1) is 6.74. The maximum Gasteiger partial charge on any atom is 0.339 e. The molecule has 0 aromatic rings. The third-order valence-electron chi connectivity index (χ3n) is 2.05. The third kappa shape index (κ3) is 1.08. The fraction of sp³-hybridized carbons (Fsp3) is 0. The number of carbonyl (C=O) groups is 2. The molecule has 2 rings (SSSR count). The smallest absolute Gasteiger partial charge is 0.339 e. The highest BCUT2D eigenvalue weighted by atomic mass is 16.4. The Morgan fingerprint density at radius 1 is 1.29 bits per heavy atom. The lowest BCUT2D eigenvalue weighted by Gasteiger charge is -2.02. The molecule has 0 saturated heterocycles. The minimum Gasteiger partial charge on any atom is -0.478 e. The summed E-state index contributed by atoms with van der Waals surface area (Å²) in [4.78, 5) is 21.3. The van der Waals surface area contributed by atoms with Crippen LogP contribution in [0.25, 0.3) is 11.1 Å². The lowest BCUT2D eigenvalue weighted by atomic mass is 10.1. The summed E-state index contributed by atoms with van der Waals surface area (Å²) >= 11 is 0. The molecule has 2 aliphatic rings. The van der Waals surface area contributed by atoms with Crippen molar-refractivity contribution in [3.8, 4) is 11.1 Å². The van der Waals surface area contributed by atoms with E-state index in [1.807, 2.05) is 0 Å². The number of fused-ring (bicyclic) bond motifs is 1. The fourth-order valence-corrected chi connectivity index (χ4v) is 1.38. The van der Waals surface area contributed by atoms with E-state index in [9.17, 15) is 9.59 Å². The van der Waals surface area contributed by atoms with Crippen LogP contribution >= 0.6 is 0 Å². The van der Waals surface area contributed by atoms with Crippen molar-refractivity contribution < 1.29 is 19.1 Å². The van der Waals surface area contributed by atoms with Gasteiger partial charge in [-0.2, -0.15) is 0 Å². The normalized spacial score (nSPS) is 10.3. The van der Waals surface area contributed by atoms with E-state index in [2.05, 4.69) is 0 Å². The van der Waals surface area contributed by atoms with E-state index in [1.165, 1.54) is 6.26 Å². The molecule has 0 aromatic carbocycles. The maximum absolute atomic E-state index is 10.8. The third-order valence-corrected chi connectivity index (χ3v) is 2.05. The van der Waals surface area contributed by atoms with E-state index in [0.29, 0.717) is 23.0 Å². The first-order valence-electron chi connectivity index (χ1n) is 3.91. The summed E-state index contributed by atoms with van der Waals surface area (Å²) in [5.74, 6) is -1.07. The van der Waals surface area contributed by atoms with E-state index in [0.717, 1.165) is 6.26 Å². The Kier molecular flexibility index (Phi) is 1.81. The second-order valence-electron chi connectivity index (χ2n) is 2.82. The molecule has 1 heterocycles. The molecule has 0 saturated carbocycles. The topological polar surface area (TPSA) is 67.5 Å². The van der Waals surface area contributed by atoms with E-state index in [1.54, 1.807) is 12.1 Å². The van der Waals surface area contributed by atoms with Crippen molar-refractivity contribution in [1.82, 2.24) is 0 Å². The number of aldehydes is 1. The molecule has 14 heavy (non-hydrogen) atoms. The summed E-state index contributed by atoms with van der Waals surface area (Å²) in [6, 6.07) is 3.16. The number of hydrogen-bond acceptors (Lipinski definition) is 3. The molecule has 0 spiro atoms. The van der Waals surface area contributed by atoms with Crippen molar-refractivity contribution in [2.75, 3.05) is 0 Å². The van der Waals surface area contributed by atoms with Crippen LogP contribution in [-0.2, 0) is 0 Å². The van der Waals surface area contributed by atoms with Crippen LogP contribution < -0.4 is 0 Å². The SMILES string of the molecule is O=Cc1ccc2c(C(=O)O)cocc1-2. The van der Waals surface area contributed by atoms with Crippen LogP contribution in [0.15, 0.2) is 29.1 Å². The predicted octanol–water partition coefficient (Wildman–Crippen LogP) is 1.90. The average molecular weight is 190 g/mol.